The Balaban J connectivity index is 1.64. The molecule has 0 atom stereocenters. The molecule has 4 N–H and O–H groups in total. The lowest BCUT2D eigenvalue weighted by Gasteiger charge is -2.30. The molecule has 0 aromatic carbocycles. The second-order valence-electron chi connectivity index (χ2n) is 6.94. The van der Waals surface area contributed by atoms with Gasteiger partial charge in [-0.25, -0.2) is 4.98 Å². The molecule has 4 rings (SSSR count). The molecular formula is C21H22N6O2. The van der Waals surface area contributed by atoms with Crippen molar-refractivity contribution >= 4 is 23.0 Å². The second kappa shape index (κ2) is 8.14. The number of hydrogen-bond donors (Lipinski definition) is 3. The number of anilines is 3. The van der Waals surface area contributed by atoms with Gasteiger partial charge in [-0.1, -0.05) is 0 Å². The summed E-state index contributed by atoms with van der Waals surface area (Å²) in [5, 5.41) is 2.89. The average Bonchev–Trinajstić information content (AvgIpc) is 2.75. The van der Waals surface area contributed by atoms with E-state index in [-0.39, 0.29) is 16.9 Å². The zero-order chi connectivity index (χ0) is 20.2. The highest BCUT2D eigenvalue weighted by Crippen LogP contribution is 2.28. The summed E-state index contributed by atoms with van der Waals surface area (Å²) < 4.78 is 0. The fourth-order valence-corrected chi connectivity index (χ4v) is 3.50. The molecule has 0 unspecified atom stereocenters. The summed E-state index contributed by atoms with van der Waals surface area (Å²) in [6.07, 6.45) is 8.35. The highest BCUT2D eigenvalue weighted by atomic mass is 16.2. The van der Waals surface area contributed by atoms with Crippen molar-refractivity contribution in [2.45, 2.75) is 19.3 Å². The number of nitrogens with zero attached hydrogens (tertiary/aromatic N) is 3. The molecule has 0 aliphatic carbocycles. The van der Waals surface area contributed by atoms with E-state index in [4.69, 9.17) is 5.73 Å². The second-order valence-corrected chi connectivity index (χ2v) is 6.94. The van der Waals surface area contributed by atoms with Crippen LogP contribution in [-0.4, -0.2) is 33.9 Å². The standard InChI is InChI=1S/C21H22N6O2/c22-15-6-7-16(14-5-4-9-24-20(14)28)25-19(15)21(29)26-17-13-23-10-8-18(17)27-11-2-1-3-12-27/h4-10,13H,1-3,11-12,22H2,(H,24,28)(H,26,29). The lowest BCUT2D eigenvalue weighted by molar-refractivity contribution is 0.102. The third kappa shape index (κ3) is 3.96. The molecule has 1 fully saturated rings. The average molecular weight is 390 g/mol. The van der Waals surface area contributed by atoms with Crippen molar-refractivity contribution in [3.8, 4) is 11.3 Å². The van der Waals surface area contributed by atoms with Gasteiger partial charge in [-0.3, -0.25) is 14.6 Å². The van der Waals surface area contributed by atoms with E-state index >= 15 is 0 Å². The summed E-state index contributed by atoms with van der Waals surface area (Å²) in [5.41, 5.74) is 8.33. The van der Waals surface area contributed by atoms with E-state index in [1.54, 1.807) is 42.9 Å². The van der Waals surface area contributed by atoms with E-state index in [0.29, 0.717) is 16.9 Å². The Morgan fingerprint density at radius 1 is 1.14 bits per heavy atom. The van der Waals surface area contributed by atoms with Crippen LogP contribution in [0.1, 0.15) is 29.8 Å². The molecular weight excluding hydrogens is 368 g/mol. The topological polar surface area (TPSA) is 117 Å². The molecule has 0 spiro atoms. The molecule has 4 heterocycles. The molecule has 148 valence electrons. The lowest BCUT2D eigenvalue weighted by Crippen LogP contribution is -2.30. The van der Waals surface area contributed by atoms with Crippen LogP contribution in [0.15, 0.2) is 53.7 Å². The molecule has 3 aromatic rings. The van der Waals surface area contributed by atoms with E-state index < -0.39 is 5.91 Å². The SMILES string of the molecule is Nc1ccc(-c2ccc[nH]c2=O)nc1C(=O)Nc1cnccc1N1CCCCC1. The molecule has 1 saturated heterocycles. The van der Waals surface area contributed by atoms with Crippen LogP contribution in [0.3, 0.4) is 0 Å². The van der Waals surface area contributed by atoms with Gasteiger partial charge in [0.2, 0.25) is 0 Å². The number of H-pyrrole nitrogens is 1. The number of piperidine rings is 1. The van der Waals surface area contributed by atoms with E-state index in [2.05, 4.69) is 25.2 Å². The highest BCUT2D eigenvalue weighted by molar-refractivity contribution is 6.07. The Bertz CT molecular complexity index is 1090. The van der Waals surface area contributed by atoms with E-state index in [0.717, 1.165) is 31.6 Å². The Hall–Kier alpha value is -3.68. The number of aromatic nitrogens is 3. The van der Waals surface area contributed by atoms with E-state index in [9.17, 15) is 9.59 Å². The Kier molecular flexibility index (Phi) is 5.24. The number of pyridine rings is 3. The lowest BCUT2D eigenvalue weighted by atomic mass is 10.1. The maximum absolute atomic E-state index is 13.0. The summed E-state index contributed by atoms with van der Waals surface area (Å²) in [4.78, 5) is 38.4. The van der Waals surface area contributed by atoms with E-state index in [1.807, 2.05) is 6.07 Å². The highest BCUT2D eigenvalue weighted by Gasteiger charge is 2.19. The summed E-state index contributed by atoms with van der Waals surface area (Å²) in [6.45, 7) is 1.89. The van der Waals surface area contributed by atoms with Crippen molar-refractivity contribution in [1.29, 1.82) is 0 Å². The summed E-state index contributed by atoms with van der Waals surface area (Å²) in [6, 6.07) is 8.46. The summed E-state index contributed by atoms with van der Waals surface area (Å²) >= 11 is 0. The smallest absolute Gasteiger partial charge is 0.276 e. The predicted octanol–water partition coefficient (Wildman–Crippen LogP) is 2.66. The first-order valence-corrected chi connectivity index (χ1v) is 9.58. The zero-order valence-corrected chi connectivity index (χ0v) is 15.9. The van der Waals surface area contributed by atoms with Gasteiger partial charge in [0.15, 0.2) is 5.69 Å². The molecule has 3 aromatic heterocycles. The van der Waals surface area contributed by atoms with Crippen LogP contribution in [0.4, 0.5) is 17.1 Å². The quantitative estimate of drug-likeness (QED) is 0.630. The van der Waals surface area contributed by atoms with Gasteiger partial charge in [-0.2, -0.15) is 0 Å². The van der Waals surface area contributed by atoms with Crippen LogP contribution in [0, 0.1) is 0 Å². The minimum atomic E-state index is -0.442. The van der Waals surface area contributed by atoms with Crippen molar-refractivity contribution in [3.63, 3.8) is 0 Å². The normalized spacial score (nSPS) is 13.9. The third-order valence-electron chi connectivity index (χ3n) is 4.98. The Labute approximate surface area is 167 Å². The first-order chi connectivity index (χ1) is 14.1. The van der Waals surface area contributed by atoms with Crippen molar-refractivity contribution in [1.82, 2.24) is 15.0 Å². The molecule has 0 bridgehead atoms. The molecule has 1 aliphatic heterocycles. The van der Waals surface area contributed by atoms with Crippen molar-refractivity contribution in [2.75, 3.05) is 29.0 Å². The van der Waals surface area contributed by atoms with Gasteiger partial charge >= 0.3 is 0 Å². The zero-order valence-electron chi connectivity index (χ0n) is 15.9. The van der Waals surface area contributed by atoms with Crippen LogP contribution >= 0.6 is 0 Å². The fourth-order valence-electron chi connectivity index (χ4n) is 3.50. The molecule has 1 aliphatic rings. The minimum Gasteiger partial charge on any atom is -0.397 e. The number of hydrogen-bond acceptors (Lipinski definition) is 6. The number of rotatable bonds is 4. The number of nitrogens with one attached hydrogen (secondary N) is 2. The number of carbonyl (C=O) groups excluding carboxylic acids is 1. The number of amides is 1. The van der Waals surface area contributed by atoms with Crippen LogP contribution in [-0.2, 0) is 0 Å². The maximum atomic E-state index is 13.0. The van der Waals surface area contributed by atoms with Gasteiger partial charge in [-0.05, 0) is 49.6 Å². The van der Waals surface area contributed by atoms with Gasteiger partial charge in [0.25, 0.3) is 11.5 Å². The van der Waals surface area contributed by atoms with Crippen LogP contribution in [0.25, 0.3) is 11.3 Å². The molecule has 0 radical (unpaired) electrons. The summed E-state index contributed by atoms with van der Waals surface area (Å²) in [7, 11) is 0. The van der Waals surface area contributed by atoms with E-state index in [1.165, 1.54) is 6.42 Å². The third-order valence-corrected chi connectivity index (χ3v) is 4.98. The molecule has 0 saturated carbocycles. The first-order valence-electron chi connectivity index (χ1n) is 9.58. The van der Waals surface area contributed by atoms with Gasteiger partial charge < -0.3 is 20.9 Å². The van der Waals surface area contributed by atoms with Crippen LogP contribution in [0.2, 0.25) is 0 Å². The largest absolute Gasteiger partial charge is 0.397 e. The molecule has 1 amide bonds. The molecule has 8 heteroatoms. The number of carbonyl (C=O) groups is 1. The minimum absolute atomic E-state index is 0.0687. The van der Waals surface area contributed by atoms with Crippen LogP contribution < -0.4 is 21.5 Å². The fraction of sp³-hybridized carbons (Fsp3) is 0.238. The van der Waals surface area contributed by atoms with Crippen molar-refractivity contribution < 1.29 is 4.79 Å². The Morgan fingerprint density at radius 2 is 1.97 bits per heavy atom. The number of nitrogens with two attached hydrogens (primary N) is 1. The van der Waals surface area contributed by atoms with Crippen molar-refractivity contribution in [2.24, 2.45) is 0 Å². The molecule has 29 heavy (non-hydrogen) atoms. The monoisotopic (exact) mass is 390 g/mol. The number of nitrogen functional groups attached to an aromatic ring is 1. The summed E-state index contributed by atoms with van der Waals surface area (Å²) in [5.74, 6) is -0.442. The number of aromatic amines is 1. The van der Waals surface area contributed by atoms with Gasteiger partial charge in [-0.15, -0.1) is 0 Å². The van der Waals surface area contributed by atoms with Gasteiger partial charge in [0, 0.05) is 25.5 Å². The first kappa shape index (κ1) is 18.7. The van der Waals surface area contributed by atoms with Crippen molar-refractivity contribution in [3.05, 3.63) is 65.0 Å². The van der Waals surface area contributed by atoms with Gasteiger partial charge in [0.1, 0.15) is 0 Å². The van der Waals surface area contributed by atoms with Crippen LogP contribution in [0.5, 0.6) is 0 Å². The molecule has 8 nitrogen and oxygen atoms in total. The van der Waals surface area contributed by atoms with Gasteiger partial charge in [0.05, 0.1) is 34.5 Å². The Morgan fingerprint density at radius 3 is 2.76 bits per heavy atom. The predicted molar refractivity (Wildman–Crippen MR) is 113 cm³/mol. The maximum Gasteiger partial charge on any atom is 0.276 e.